The van der Waals surface area contributed by atoms with Crippen LogP contribution in [0.25, 0.3) is 0 Å². The Morgan fingerprint density at radius 2 is 2.13 bits per heavy atom. The summed E-state index contributed by atoms with van der Waals surface area (Å²) in [7, 11) is 0. The van der Waals surface area contributed by atoms with Crippen molar-refractivity contribution < 1.29 is 4.42 Å². The number of aryl methyl sites for hydroxylation is 2. The van der Waals surface area contributed by atoms with Gasteiger partial charge in [0.2, 0.25) is 0 Å². The van der Waals surface area contributed by atoms with Gasteiger partial charge in [0.25, 0.3) is 0 Å². The third-order valence-electron chi connectivity index (χ3n) is 2.26. The fourth-order valence-corrected chi connectivity index (χ4v) is 2.79. The largest absolute Gasteiger partial charge is 0.448 e. The first kappa shape index (κ1) is 10.7. The topological polar surface area (TPSA) is 39.2 Å². The Morgan fingerprint density at radius 3 is 2.60 bits per heavy atom. The summed E-state index contributed by atoms with van der Waals surface area (Å²) in [6.07, 6.45) is 0. The molecule has 0 amide bonds. The summed E-state index contributed by atoms with van der Waals surface area (Å²) in [6, 6.07) is 5.45. The Morgan fingerprint density at radius 1 is 1.40 bits per heavy atom. The number of furan rings is 1. The molecule has 1 atom stereocenters. The Balaban J connectivity index is 2.35. The summed E-state index contributed by atoms with van der Waals surface area (Å²) in [6.45, 7) is 4.13. The SMILES string of the molecule is Cc1cc(C)c(C(N)c2ccc(Cl)o2)s1. The number of hydrogen-bond acceptors (Lipinski definition) is 3. The zero-order valence-electron chi connectivity index (χ0n) is 8.58. The van der Waals surface area contributed by atoms with Crippen molar-refractivity contribution in [3.8, 4) is 0 Å². The predicted molar refractivity (Wildman–Crippen MR) is 63.5 cm³/mol. The zero-order valence-corrected chi connectivity index (χ0v) is 10.2. The van der Waals surface area contributed by atoms with Gasteiger partial charge in [-0.05, 0) is 49.2 Å². The van der Waals surface area contributed by atoms with Crippen molar-refractivity contribution in [2.45, 2.75) is 19.9 Å². The molecule has 2 nitrogen and oxygen atoms in total. The maximum absolute atomic E-state index is 6.10. The minimum atomic E-state index is -0.212. The van der Waals surface area contributed by atoms with Crippen LogP contribution in [0.15, 0.2) is 22.6 Å². The van der Waals surface area contributed by atoms with Gasteiger partial charge < -0.3 is 10.2 Å². The van der Waals surface area contributed by atoms with Crippen LogP contribution in [0, 0.1) is 13.8 Å². The second kappa shape index (κ2) is 4.00. The Kier molecular flexibility index (Phi) is 2.87. The fraction of sp³-hybridized carbons (Fsp3) is 0.273. The summed E-state index contributed by atoms with van der Waals surface area (Å²) in [5.41, 5.74) is 7.31. The van der Waals surface area contributed by atoms with E-state index in [4.69, 9.17) is 21.8 Å². The van der Waals surface area contributed by atoms with Crippen LogP contribution in [-0.2, 0) is 0 Å². The second-order valence-electron chi connectivity index (χ2n) is 3.52. The van der Waals surface area contributed by atoms with E-state index in [1.807, 2.05) is 6.07 Å². The van der Waals surface area contributed by atoms with E-state index in [-0.39, 0.29) is 6.04 Å². The minimum absolute atomic E-state index is 0.212. The molecule has 2 aromatic heterocycles. The van der Waals surface area contributed by atoms with Crippen LogP contribution in [0.3, 0.4) is 0 Å². The quantitative estimate of drug-likeness (QED) is 0.872. The summed E-state index contributed by atoms with van der Waals surface area (Å²) < 4.78 is 5.31. The van der Waals surface area contributed by atoms with E-state index in [2.05, 4.69) is 19.9 Å². The second-order valence-corrected chi connectivity index (χ2v) is 5.18. The molecule has 0 saturated carbocycles. The van der Waals surface area contributed by atoms with Gasteiger partial charge in [0, 0.05) is 9.75 Å². The molecule has 1 unspecified atom stereocenters. The van der Waals surface area contributed by atoms with Crippen molar-refractivity contribution in [1.29, 1.82) is 0 Å². The maximum atomic E-state index is 6.10. The maximum Gasteiger partial charge on any atom is 0.193 e. The molecular weight excluding hydrogens is 230 g/mol. The van der Waals surface area contributed by atoms with Crippen molar-refractivity contribution in [3.63, 3.8) is 0 Å². The molecule has 4 heteroatoms. The van der Waals surface area contributed by atoms with Crippen molar-refractivity contribution in [3.05, 3.63) is 44.5 Å². The molecule has 2 heterocycles. The van der Waals surface area contributed by atoms with Crippen LogP contribution in [0.1, 0.15) is 27.1 Å². The number of halogens is 1. The van der Waals surface area contributed by atoms with E-state index in [1.54, 1.807) is 17.4 Å². The molecule has 2 rings (SSSR count). The molecule has 0 bridgehead atoms. The van der Waals surface area contributed by atoms with Crippen molar-refractivity contribution in [2.75, 3.05) is 0 Å². The first-order valence-electron chi connectivity index (χ1n) is 4.65. The average Bonchev–Trinajstić information content (AvgIpc) is 2.71. The van der Waals surface area contributed by atoms with Crippen molar-refractivity contribution in [1.82, 2.24) is 0 Å². The monoisotopic (exact) mass is 241 g/mol. The molecular formula is C11H12ClNOS. The first-order valence-corrected chi connectivity index (χ1v) is 5.85. The first-order chi connectivity index (χ1) is 7.08. The lowest BCUT2D eigenvalue weighted by Gasteiger charge is -2.07. The zero-order chi connectivity index (χ0) is 11.0. The third kappa shape index (κ3) is 2.09. The van der Waals surface area contributed by atoms with Crippen molar-refractivity contribution in [2.24, 2.45) is 5.73 Å². The van der Waals surface area contributed by atoms with E-state index < -0.39 is 0 Å². The smallest absolute Gasteiger partial charge is 0.193 e. The molecule has 0 aliphatic heterocycles. The normalized spacial score (nSPS) is 13.1. The molecule has 15 heavy (non-hydrogen) atoms. The molecule has 2 N–H and O–H groups in total. The van der Waals surface area contributed by atoms with Gasteiger partial charge in [0.1, 0.15) is 5.76 Å². The molecule has 2 aromatic rings. The molecule has 0 fully saturated rings. The fourth-order valence-electron chi connectivity index (χ4n) is 1.59. The van der Waals surface area contributed by atoms with Crippen LogP contribution in [0.4, 0.5) is 0 Å². The number of thiophene rings is 1. The van der Waals surface area contributed by atoms with Crippen LogP contribution < -0.4 is 5.73 Å². The Bertz CT molecular complexity index is 475. The van der Waals surface area contributed by atoms with Gasteiger partial charge in [-0.3, -0.25) is 0 Å². The van der Waals surface area contributed by atoms with Gasteiger partial charge in [-0.25, -0.2) is 0 Å². The Labute approximate surface area is 97.7 Å². The number of hydrogen-bond donors (Lipinski definition) is 1. The lowest BCUT2D eigenvalue weighted by molar-refractivity contribution is 0.493. The van der Waals surface area contributed by atoms with E-state index in [9.17, 15) is 0 Å². The van der Waals surface area contributed by atoms with E-state index in [1.165, 1.54) is 10.4 Å². The Hall–Kier alpha value is -0.770. The predicted octanol–water partition coefficient (Wildman–Crippen LogP) is 3.66. The van der Waals surface area contributed by atoms with E-state index >= 15 is 0 Å². The summed E-state index contributed by atoms with van der Waals surface area (Å²) >= 11 is 7.42. The van der Waals surface area contributed by atoms with Gasteiger partial charge >= 0.3 is 0 Å². The molecule has 0 aliphatic rings. The standard InChI is InChI=1S/C11H12ClNOS/c1-6-5-7(2)15-11(6)10(13)8-3-4-9(12)14-8/h3-5,10H,13H2,1-2H3. The molecule has 0 spiro atoms. The molecule has 0 aliphatic carbocycles. The molecule has 0 saturated heterocycles. The van der Waals surface area contributed by atoms with Crippen LogP contribution >= 0.6 is 22.9 Å². The highest BCUT2D eigenvalue weighted by atomic mass is 35.5. The van der Waals surface area contributed by atoms with Crippen LogP contribution in [0.5, 0.6) is 0 Å². The highest BCUT2D eigenvalue weighted by Gasteiger charge is 2.17. The van der Waals surface area contributed by atoms with Crippen molar-refractivity contribution >= 4 is 22.9 Å². The molecule has 80 valence electrons. The number of rotatable bonds is 2. The lowest BCUT2D eigenvalue weighted by atomic mass is 10.1. The van der Waals surface area contributed by atoms with Gasteiger partial charge in [0.15, 0.2) is 5.22 Å². The molecule has 0 radical (unpaired) electrons. The van der Waals surface area contributed by atoms with Crippen LogP contribution in [-0.4, -0.2) is 0 Å². The van der Waals surface area contributed by atoms with Gasteiger partial charge in [-0.1, -0.05) is 0 Å². The average molecular weight is 242 g/mol. The van der Waals surface area contributed by atoms with Gasteiger partial charge in [-0.2, -0.15) is 0 Å². The van der Waals surface area contributed by atoms with Crippen LogP contribution in [0.2, 0.25) is 5.22 Å². The summed E-state index contributed by atoms with van der Waals surface area (Å²) in [5, 5.41) is 0.381. The van der Waals surface area contributed by atoms with E-state index in [0.717, 1.165) is 4.88 Å². The molecule has 0 aromatic carbocycles. The highest BCUT2D eigenvalue weighted by molar-refractivity contribution is 7.12. The van der Waals surface area contributed by atoms with Gasteiger partial charge in [-0.15, -0.1) is 11.3 Å². The summed E-state index contributed by atoms with van der Waals surface area (Å²) in [4.78, 5) is 2.40. The van der Waals surface area contributed by atoms with E-state index in [0.29, 0.717) is 11.0 Å². The van der Waals surface area contributed by atoms with Gasteiger partial charge in [0.05, 0.1) is 6.04 Å². The summed E-state index contributed by atoms with van der Waals surface area (Å²) in [5.74, 6) is 0.713. The number of nitrogens with two attached hydrogens (primary N) is 1. The third-order valence-corrected chi connectivity index (χ3v) is 3.70. The minimum Gasteiger partial charge on any atom is -0.448 e. The highest BCUT2D eigenvalue weighted by Crippen LogP contribution is 2.31. The lowest BCUT2D eigenvalue weighted by Crippen LogP contribution is -2.10.